The van der Waals surface area contributed by atoms with Gasteiger partial charge in [-0.05, 0) is 12.1 Å². The van der Waals surface area contributed by atoms with Crippen LogP contribution in [0.15, 0.2) is 34.7 Å². The molecule has 0 fully saturated rings. The normalized spacial score (nSPS) is 8.00. The molecule has 0 atom stereocenters. The molecule has 1 rings (SSSR count). The van der Waals surface area contributed by atoms with Crippen molar-refractivity contribution in [3.05, 3.63) is 30.3 Å². The lowest BCUT2D eigenvalue weighted by atomic mass is 10.3. The number of rotatable bonds is 1. The molecule has 0 amide bonds. The molecular formula is C7H9NO2S. The van der Waals surface area contributed by atoms with Gasteiger partial charge < -0.3 is 0 Å². The van der Waals surface area contributed by atoms with Crippen LogP contribution in [0, 0.1) is 0 Å². The fourth-order valence-corrected chi connectivity index (χ4v) is 0.869. The second-order valence-electron chi connectivity index (χ2n) is 1.64. The van der Waals surface area contributed by atoms with E-state index in [9.17, 15) is 8.42 Å². The highest BCUT2D eigenvalue weighted by atomic mass is 32.2. The SMILES string of the molecule is C.O=S(=O)=Nc1ccccc1. The summed E-state index contributed by atoms with van der Waals surface area (Å²) < 4.78 is 23.3. The molecule has 0 spiro atoms. The van der Waals surface area contributed by atoms with E-state index in [1.54, 1.807) is 30.3 Å². The van der Waals surface area contributed by atoms with Crippen molar-refractivity contribution >= 4 is 16.2 Å². The van der Waals surface area contributed by atoms with Gasteiger partial charge >= 0.3 is 10.5 Å². The molecule has 0 saturated carbocycles. The first-order chi connectivity index (χ1) is 4.79. The van der Waals surface area contributed by atoms with Crippen LogP contribution >= 0.6 is 0 Å². The number of nitrogens with zero attached hydrogens (tertiary/aromatic N) is 1. The van der Waals surface area contributed by atoms with Crippen LogP contribution in [0.25, 0.3) is 0 Å². The van der Waals surface area contributed by atoms with Crippen LogP contribution in [0.4, 0.5) is 5.69 Å². The van der Waals surface area contributed by atoms with E-state index in [1.165, 1.54) is 0 Å². The maximum atomic E-state index is 10.0. The highest BCUT2D eigenvalue weighted by Crippen LogP contribution is 2.07. The van der Waals surface area contributed by atoms with Gasteiger partial charge in [0.1, 0.15) is 0 Å². The molecule has 60 valence electrons. The van der Waals surface area contributed by atoms with Crippen molar-refractivity contribution < 1.29 is 8.42 Å². The average molecular weight is 171 g/mol. The summed E-state index contributed by atoms with van der Waals surface area (Å²) >= 11 is 0. The maximum absolute atomic E-state index is 10.0. The molecule has 0 saturated heterocycles. The Balaban J connectivity index is 0.000001000. The lowest BCUT2D eigenvalue weighted by Gasteiger charge is -1.83. The van der Waals surface area contributed by atoms with Gasteiger partial charge in [0.2, 0.25) is 0 Å². The number of benzene rings is 1. The van der Waals surface area contributed by atoms with E-state index >= 15 is 0 Å². The van der Waals surface area contributed by atoms with Gasteiger partial charge in [0, 0.05) is 0 Å². The third-order valence-corrected chi connectivity index (χ3v) is 1.30. The van der Waals surface area contributed by atoms with E-state index in [0.29, 0.717) is 5.69 Å². The molecule has 1 aromatic carbocycles. The number of hydrogen-bond donors (Lipinski definition) is 0. The Bertz CT molecular complexity index is 321. The minimum absolute atomic E-state index is 0. The summed E-state index contributed by atoms with van der Waals surface area (Å²) in [4.78, 5) is 0. The molecule has 0 aliphatic carbocycles. The van der Waals surface area contributed by atoms with Crippen LogP contribution in [0.2, 0.25) is 0 Å². The first kappa shape index (κ1) is 9.84. The van der Waals surface area contributed by atoms with Gasteiger partial charge in [0.25, 0.3) is 0 Å². The third-order valence-electron chi connectivity index (χ3n) is 0.936. The molecule has 0 aromatic heterocycles. The molecule has 1 aromatic rings. The Morgan fingerprint density at radius 2 is 1.64 bits per heavy atom. The van der Waals surface area contributed by atoms with Gasteiger partial charge in [-0.25, -0.2) is 0 Å². The molecule has 3 nitrogen and oxygen atoms in total. The summed E-state index contributed by atoms with van der Waals surface area (Å²) in [5.74, 6) is 0. The smallest absolute Gasteiger partial charge is 0.163 e. The lowest BCUT2D eigenvalue weighted by molar-refractivity contribution is 0.622. The van der Waals surface area contributed by atoms with E-state index in [2.05, 4.69) is 4.36 Å². The minimum Gasteiger partial charge on any atom is -0.163 e. The standard InChI is InChI=1S/C6H5NO2S.CH4/c8-10(9)7-6-4-2-1-3-5-6;/h1-5H;1H4. The maximum Gasteiger partial charge on any atom is 0.316 e. The van der Waals surface area contributed by atoms with Crippen molar-refractivity contribution in [3.8, 4) is 0 Å². The van der Waals surface area contributed by atoms with Crippen molar-refractivity contribution in [3.63, 3.8) is 0 Å². The van der Waals surface area contributed by atoms with Crippen molar-refractivity contribution in [2.24, 2.45) is 4.36 Å². The topological polar surface area (TPSA) is 46.5 Å². The molecular weight excluding hydrogens is 162 g/mol. The van der Waals surface area contributed by atoms with Crippen molar-refractivity contribution in [2.45, 2.75) is 7.43 Å². The van der Waals surface area contributed by atoms with Crippen molar-refractivity contribution in [2.75, 3.05) is 0 Å². The predicted octanol–water partition coefficient (Wildman–Crippen LogP) is 2.02. The van der Waals surface area contributed by atoms with Crippen LogP contribution in [-0.4, -0.2) is 8.42 Å². The molecule has 0 bridgehead atoms. The molecule has 0 unspecified atom stereocenters. The Hall–Kier alpha value is -1.16. The van der Waals surface area contributed by atoms with Crippen LogP contribution in [-0.2, 0) is 10.5 Å². The van der Waals surface area contributed by atoms with Gasteiger partial charge in [-0.2, -0.15) is 8.42 Å². The van der Waals surface area contributed by atoms with Gasteiger partial charge in [0.05, 0.1) is 5.69 Å². The third kappa shape index (κ3) is 3.52. The molecule has 11 heavy (non-hydrogen) atoms. The zero-order valence-electron chi connectivity index (χ0n) is 5.06. The summed E-state index contributed by atoms with van der Waals surface area (Å²) in [6, 6.07) is 8.50. The summed E-state index contributed by atoms with van der Waals surface area (Å²) in [7, 11) is -2.34. The van der Waals surface area contributed by atoms with E-state index in [0.717, 1.165) is 0 Å². The zero-order valence-corrected chi connectivity index (χ0v) is 5.88. The van der Waals surface area contributed by atoms with Crippen LogP contribution in [0.1, 0.15) is 7.43 Å². The second-order valence-corrected chi connectivity index (χ2v) is 2.26. The minimum atomic E-state index is -2.34. The summed E-state index contributed by atoms with van der Waals surface area (Å²) in [5, 5.41) is 0. The summed E-state index contributed by atoms with van der Waals surface area (Å²) in [5.41, 5.74) is 0.454. The van der Waals surface area contributed by atoms with Gasteiger partial charge in [-0.1, -0.05) is 25.6 Å². The van der Waals surface area contributed by atoms with E-state index in [4.69, 9.17) is 0 Å². The first-order valence-corrected chi connectivity index (χ1v) is 3.68. The van der Waals surface area contributed by atoms with Crippen LogP contribution in [0.5, 0.6) is 0 Å². The fraction of sp³-hybridized carbons (Fsp3) is 0.143. The zero-order chi connectivity index (χ0) is 7.40. The molecule has 0 N–H and O–H groups in total. The van der Waals surface area contributed by atoms with E-state index in [1.807, 2.05) is 0 Å². The molecule has 0 heterocycles. The van der Waals surface area contributed by atoms with Crippen molar-refractivity contribution in [1.82, 2.24) is 0 Å². The summed E-state index contributed by atoms with van der Waals surface area (Å²) in [6.07, 6.45) is 0. The van der Waals surface area contributed by atoms with E-state index < -0.39 is 10.5 Å². The van der Waals surface area contributed by atoms with Crippen LogP contribution < -0.4 is 0 Å². The lowest BCUT2D eigenvalue weighted by Crippen LogP contribution is -1.60. The Morgan fingerprint density at radius 3 is 2.09 bits per heavy atom. The molecule has 0 aliphatic rings. The molecule has 4 heteroatoms. The highest BCUT2D eigenvalue weighted by molar-refractivity contribution is 7.61. The van der Waals surface area contributed by atoms with Crippen LogP contribution in [0.3, 0.4) is 0 Å². The molecule has 0 radical (unpaired) electrons. The number of hydrogen-bond acceptors (Lipinski definition) is 3. The van der Waals surface area contributed by atoms with Gasteiger partial charge in [-0.3, -0.25) is 0 Å². The largest absolute Gasteiger partial charge is 0.316 e. The van der Waals surface area contributed by atoms with Gasteiger partial charge in [-0.15, -0.1) is 4.36 Å². The fourth-order valence-electron chi connectivity index (χ4n) is 0.575. The Morgan fingerprint density at radius 1 is 1.09 bits per heavy atom. The average Bonchev–Trinajstić information content (AvgIpc) is 1.88. The predicted molar refractivity (Wildman–Crippen MR) is 44.2 cm³/mol. The highest BCUT2D eigenvalue weighted by Gasteiger charge is 1.82. The molecule has 0 aliphatic heterocycles. The van der Waals surface area contributed by atoms with Crippen molar-refractivity contribution in [1.29, 1.82) is 0 Å². The van der Waals surface area contributed by atoms with E-state index in [-0.39, 0.29) is 7.43 Å². The second kappa shape index (κ2) is 4.62. The summed E-state index contributed by atoms with van der Waals surface area (Å²) in [6.45, 7) is 0. The first-order valence-electron chi connectivity index (χ1n) is 2.65. The quantitative estimate of drug-likeness (QED) is 0.649. The monoisotopic (exact) mass is 171 g/mol. The Labute approximate surface area is 67.4 Å². The Kier molecular flexibility index (Phi) is 4.14. The van der Waals surface area contributed by atoms with Gasteiger partial charge in [0.15, 0.2) is 0 Å².